The van der Waals surface area contributed by atoms with E-state index in [1.165, 1.54) is 11.1 Å². The maximum Gasteiger partial charge on any atom is 0.133 e. The lowest BCUT2D eigenvalue weighted by molar-refractivity contribution is 0.834. The van der Waals surface area contributed by atoms with Crippen molar-refractivity contribution in [1.82, 2.24) is 9.97 Å². The molecule has 0 spiro atoms. The SMILES string of the molecule is CC(C)c1cccc(C(C)C)c1N=CCc1ncccn1. The van der Waals surface area contributed by atoms with Crippen LogP contribution >= 0.6 is 0 Å². The van der Waals surface area contributed by atoms with Crippen molar-refractivity contribution in [2.24, 2.45) is 4.99 Å². The van der Waals surface area contributed by atoms with Crippen LogP contribution in [0.15, 0.2) is 41.7 Å². The summed E-state index contributed by atoms with van der Waals surface area (Å²) in [7, 11) is 0. The van der Waals surface area contributed by atoms with Gasteiger partial charge in [0.25, 0.3) is 0 Å². The molecule has 3 nitrogen and oxygen atoms in total. The average molecular weight is 281 g/mol. The first-order chi connectivity index (χ1) is 10.1. The van der Waals surface area contributed by atoms with E-state index >= 15 is 0 Å². The predicted molar refractivity (Wildman–Crippen MR) is 88.5 cm³/mol. The maximum absolute atomic E-state index is 4.74. The van der Waals surface area contributed by atoms with Crippen LogP contribution in [0.5, 0.6) is 0 Å². The maximum atomic E-state index is 4.74. The van der Waals surface area contributed by atoms with E-state index in [1.807, 2.05) is 12.3 Å². The Morgan fingerprint density at radius 1 is 0.952 bits per heavy atom. The molecule has 0 aliphatic rings. The fourth-order valence-electron chi connectivity index (χ4n) is 2.31. The van der Waals surface area contributed by atoms with Gasteiger partial charge in [0.2, 0.25) is 0 Å². The number of rotatable bonds is 5. The average Bonchev–Trinajstić information content (AvgIpc) is 2.48. The molecule has 0 aliphatic heterocycles. The molecule has 1 aromatic heterocycles. The first kappa shape index (κ1) is 15.4. The third-order valence-electron chi connectivity index (χ3n) is 3.46. The molecule has 21 heavy (non-hydrogen) atoms. The summed E-state index contributed by atoms with van der Waals surface area (Å²) >= 11 is 0. The number of nitrogens with zero attached hydrogens (tertiary/aromatic N) is 3. The van der Waals surface area contributed by atoms with Crippen LogP contribution in [0.3, 0.4) is 0 Å². The van der Waals surface area contributed by atoms with Gasteiger partial charge in [-0.05, 0) is 29.0 Å². The highest BCUT2D eigenvalue weighted by atomic mass is 14.9. The molecule has 2 rings (SSSR count). The summed E-state index contributed by atoms with van der Waals surface area (Å²) in [6.07, 6.45) is 6.10. The van der Waals surface area contributed by atoms with Gasteiger partial charge in [0.05, 0.1) is 5.69 Å². The number of aliphatic imine (C=N–C) groups is 1. The van der Waals surface area contributed by atoms with Crippen LogP contribution in [0.25, 0.3) is 0 Å². The van der Waals surface area contributed by atoms with Crippen molar-refractivity contribution in [3.63, 3.8) is 0 Å². The Kier molecular flexibility index (Phi) is 5.20. The number of para-hydroxylation sites is 1. The molecule has 0 unspecified atom stereocenters. The monoisotopic (exact) mass is 281 g/mol. The second-order valence-electron chi connectivity index (χ2n) is 5.78. The summed E-state index contributed by atoms with van der Waals surface area (Å²) in [5.41, 5.74) is 3.70. The second-order valence-corrected chi connectivity index (χ2v) is 5.78. The molecule has 0 fully saturated rings. The minimum Gasteiger partial charge on any atom is -0.260 e. The zero-order valence-electron chi connectivity index (χ0n) is 13.2. The van der Waals surface area contributed by atoms with Gasteiger partial charge < -0.3 is 0 Å². The third-order valence-corrected chi connectivity index (χ3v) is 3.46. The Morgan fingerprint density at radius 2 is 1.52 bits per heavy atom. The van der Waals surface area contributed by atoms with Gasteiger partial charge in [-0.1, -0.05) is 45.9 Å². The Morgan fingerprint density at radius 3 is 2.05 bits per heavy atom. The van der Waals surface area contributed by atoms with Gasteiger partial charge in [-0.3, -0.25) is 4.99 Å². The molecule has 0 bridgehead atoms. The van der Waals surface area contributed by atoms with Gasteiger partial charge in [-0.2, -0.15) is 0 Å². The van der Waals surface area contributed by atoms with Gasteiger partial charge in [-0.25, -0.2) is 9.97 Å². The number of benzene rings is 1. The summed E-state index contributed by atoms with van der Waals surface area (Å²) in [6.45, 7) is 8.83. The van der Waals surface area contributed by atoms with E-state index in [1.54, 1.807) is 12.4 Å². The van der Waals surface area contributed by atoms with Crippen molar-refractivity contribution in [2.75, 3.05) is 0 Å². The Labute approximate surface area is 127 Å². The molecule has 0 amide bonds. The molecule has 2 aromatic rings. The summed E-state index contributed by atoms with van der Waals surface area (Å²) in [6, 6.07) is 8.29. The minimum atomic E-state index is 0.462. The highest BCUT2D eigenvalue weighted by Gasteiger charge is 2.12. The zero-order chi connectivity index (χ0) is 15.2. The molecule has 0 N–H and O–H groups in total. The Hall–Kier alpha value is -2.03. The van der Waals surface area contributed by atoms with E-state index in [0.29, 0.717) is 18.3 Å². The van der Waals surface area contributed by atoms with Crippen LogP contribution < -0.4 is 0 Å². The normalized spacial score (nSPS) is 11.7. The fourth-order valence-corrected chi connectivity index (χ4v) is 2.31. The van der Waals surface area contributed by atoms with E-state index in [2.05, 4.69) is 55.9 Å². The quantitative estimate of drug-likeness (QED) is 0.747. The van der Waals surface area contributed by atoms with Gasteiger partial charge in [-0.15, -0.1) is 0 Å². The van der Waals surface area contributed by atoms with Crippen molar-refractivity contribution >= 4 is 11.9 Å². The van der Waals surface area contributed by atoms with Crippen molar-refractivity contribution in [1.29, 1.82) is 0 Å². The lowest BCUT2D eigenvalue weighted by Gasteiger charge is -2.16. The summed E-state index contributed by atoms with van der Waals surface area (Å²) < 4.78 is 0. The third kappa shape index (κ3) is 3.97. The topological polar surface area (TPSA) is 38.1 Å². The fraction of sp³-hybridized carbons (Fsp3) is 0.389. The lowest BCUT2D eigenvalue weighted by atomic mass is 9.93. The molecule has 0 saturated heterocycles. The van der Waals surface area contributed by atoms with Crippen LogP contribution in [0, 0.1) is 0 Å². The zero-order valence-corrected chi connectivity index (χ0v) is 13.2. The van der Waals surface area contributed by atoms with Gasteiger partial charge in [0.15, 0.2) is 0 Å². The number of hydrogen-bond donors (Lipinski definition) is 0. The predicted octanol–water partition coefficient (Wildman–Crippen LogP) is 4.67. The molecule has 0 radical (unpaired) electrons. The molecule has 1 aromatic carbocycles. The highest BCUT2D eigenvalue weighted by molar-refractivity contribution is 5.69. The smallest absolute Gasteiger partial charge is 0.133 e. The largest absolute Gasteiger partial charge is 0.260 e. The molecule has 0 atom stereocenters. The van der Waals surface area contributed by atoms with Crippen molar-refractivity contribution in [3.8, 4) is 0 Å². The van der Waals surface area contributed by atoms with Crippen LogP contribution in [-0.4, -0.2) is 16.2 Å². The van der Waals surface area contributed by atoms with E-state index in [9.17, 15) is 0 Å². The lowest BCUT2D eigenvalue weighted by Crippen LogP contribution is -1.97. The van der Waals surface area contributed by atoms with Crippen molar-refractivity contribution < 1.29 is 0 Å². The first-order valence-electron chi connectivity index (χ1n) is 7.50. The van der Waals surface area contributed by atoms with Crippen LogP contribution in [0.1, 0.15) is 56.5 Å². The minimum absolute atomic E-state index is 0.462. The highest BCUT2D eigenvalue weighted by Crippen LogP contribution is 2.34. The van der Waals surface area contributed by atoms with Gasteiger partial charge in [0, 0.05) is 25.0 Å². The van der Waals surface area contributed by atoms with Crippen molar-refractivity contribution in [2.45, 2.75) is 46.0 Å². The number of hydrogen-bond acceptors (Lipinski definition) is 3. The van der Waals surface area contributed by atoms with Crippen LogP contribution in [0.2, 0.25) is 0 Å². The van der Waals surface area contributed by atoms with E-state index in [4.69, 9.17) is 4.99 Å². The van der Waals surface area contributed by atoms with Crippen molar-refractivity contribution in [3.05, 3.63) is 53.6 Å². The van der Waals surface area contributed by atoms with E-state index in [0.717, 1.165) is 11.5 Å². The molecule has 3 heteroatoms. The molecule has 0 saturated carbocycles. The van der Waals surface area contributed by atoms with Gasteiger partial charge in [0.1, 0.15) is 5.82 Å². The molecular formula is C18H23N3. The molecule has 110 valence electrons. The Balaban J connectivity index is 2.29. The molecule has 0 aliphatic carbocycles. The summed E-state index contributed by atoms with van der Waals surface area (Å²) in [4.78, 5) is 13.2. The first-order valence-corrected chi connectivity index (χ1v) is 7.50. The standard InChI is InChI=1S/C18H23N3/c1-13(2)15-7-5-8-16(14(3)4)18(15)21-12-9-17-19-10-6-11-20-17/h5-8,10-14H,9H2,1-4H3. The van der Waals surface area contributed by atoms with E-state index in [-0.39, 0.29) is 0 Å². The molecule has 1 heterocycles. The second kappa shape index (κ2) is 7.11. The Bertz CT molecular complexity index is 575. The van der Waals surface area contributed by atoms with E-state index < -0.39 is 0 Å². The van der Waals surface area contributed by atoms with Crippen LogP contribution in [-0.2, 0) is 6.42 Å². The molecular weight excluding hydrogens is 258 g/mol. The van der Waals surface area contributed by atoms with Gasteiger partial charge >= 0.3 is 0 Å². The van der Waals surface area contributed by atoms with Crippen LogP contribution in [0.4, 0.5) is 5.69 Å². The summed E-state index contributed by atoms with van der Waals surface area (Å²) in [5, 5.41) is 0. The summed E-state index contributed by atoms with van der Waals surface area (Å²) in [5.74, 6) is 1.72. The number of aromatic nitrogens is 2.